The van der Waals surface area contributed by atoms with Crippen LogP contribution in [0.3, 0.4) is 0 Å². The molecule has 0 saturated carbocycles. The minimum atomic E-state index is -0.541. The van der Waals surface area contributed by atoms with Gasteiger partial charge >= 0.3 is 11.9 Å². The van der Waals surface area contributed by atoms with Gasteiger partial charge < -0.3 is 19.3 Å². The van der Waals surface area contributed by atoms with Crippen molar-refractivity contribution in [3.05, 3.63) is 272 Å². The number of hydrogen-bond donors (Lipinski definition) is 0. The first-order valence-corrected chi connectivity index (χ1v) is 25.3. The summed E-state index contributed by atoms with van der Waals surface area (Å²) in [6, 6.07) is 65.1. The Kier molecular flexibility index (Phi) is 12.4. The predicted molar refractivity (Wildman–Crippen MR) is 309 cm³/mol. The molecule has 6 nitrogen and oxygen atoms in total. The van der Waals surface area contributed by atoms with Crippen LogP contribution in [0.1, 0.15) is 49.9 Å². The third-order valence-corrected chi connectivity index (χ3v) is 15.1. The van der Waals surface area contributed by atoms with Gasteiger partial charge in [-0.3, -0.25) is 0 Å². The first-order chi connectivity index (χ1) is 36.3. The highest BCUT2D eigenvalue weighted by atomic mass is 16.5. The molecule has 0 N–H and O–H groups in total. The largest absolute Gasteiger partial charge is 0.423 e. The lowest BCUT2D eigenvalue weighted by atomic mass is 9.75. The highest BCUT2D eigenvalue weighted by Crippen LogP contribution is 2.51. The number of hydrogen-bond acceptors (Lipinski definition) is 6. The molecule has 0 atom stereocenters. The highest BCUT2D eigenvalue weighted by molar-refractivity contribution is 6.08. The van der Waals surface area contributed by atoms with E-state index < -0.39 is 11.9 Å². The van der Waals surface area contributed by atoms with Crippen LogP contribution in [-0.4, -0.2) is 11.9 Å². The Morgan fingerprint density at radius 1 is 0.493 bits per heavy atom. The zero-order valence-electron chi connectivity index (χ0n) is 42.6. The third kappa shape index (κ3) is 8.64. The second-order valence-corrected chi connectivity index (χ2v) is 20.2. The Bertz CT molecular complexity index is 3750. The second kappa shape index (κ2) is 19.3. The van der Waals surface area contributed by atoms with E-state index >= 15 is 0 Å². The number of benzene rings is 9. The Hall–Kier alpha value is -9.26. The molecule has 6 heteroatoms. The molecule has 0 aliphatic heterocycles. The van der Waals surface area contributed by atoms with Crippen LogP contribution in [0.4, 0.5) is 28.4 Å². The number of carbonyl (C=O) groups is 2. The number of nitrogens with zero attached hydrogens (tertiary/aromatic N) is 2. The molecule has 0 spiro atoms. The van der Waals surface area contributed by atoms with E-state index in [2.05, 4.69) is 196 Å². The van der Waals surface area contributed by atoms with E-state index in [9.17, 15) is 9.59 Å². The van der Waals surface area contributed by atoms with Gasteiger partial charge in [-0.1, -0.05) is 181 Å². The van der Waals surface area contributed by atoms with Gasteiger partial charge in [0, 0.05) is 67.3 Å². The SMILES string of the molecule is C=CC(=O)Oc1cccc2c(N(c3ccc(-c4ccc(N(C5=C/C(=C)C(C)(C)c6ccccc6C/C=C\5)c5ccc6c(c5)C(C)(C)c5ccccc5-6)cc4)cc3)c3cccc4c(OC(=O)C=C)cccc34)cccc12. The van der Waals surface area contributed by atoms with E-state index in [1.165, 1.54) is 33.4 Å². The third-order valence-electron chi connectivity index (χ3n) is 15.1. The van der Waals surface area contributed by atoms with Crippen molar-refractivity contribution in [2.24, 2.45) is 0 Å². The van der Waals surface area contributed by atoms with Gasteiger partial charge in [-0.25, -0.2) is 9.59 Å². The average molecular weight is 977 g/mol. The summed E-state index contributed by atoms with van der Waals surface area (Å²) >= 11 is 0. The maximum Gasteiger partial charge on any atom is 0.335 e. The van der Waals surface area contributed by atoms with Crippen LogP contribution in [0.25, 0.3) is 43.8 Å². The molecule has 0 radical (unpaired) electrons. The lowest BCUT2D eigenvalue weighted by Gasteiger charge is -2.31. The molecule has 0 fully saturated rings. The standard InChI is InChI=1S/C69H56N2O4/c1-8-66(72)74-64-31-17-23-55-57(64)25-15-29-62(55)71(63-30-16-26-58-56(63)24-18-32-65(58)75-67(73)9-2)50-39-35-47(36-40-50)46-33-37-49(38-34-46)70(51-21-14-20-48-19-10-12-27-59(48)68(4,5)45(3)43-51)52-41-42-54-53-22-11-13-28-60(53)69(6,7)61(54)44-52/h8-19,21-44H,1-3,20H2,4-7H3/b21-14-,51-43+. The number of fused-ring (bicyclic) bond motifs is 6. The van der Waals surface area contributed by atoms with E-state index in [0.717, 1.165) is 91.0 Å². The number of allylic oxidation sites excluding steroid dienone is 4. The monoisotopic (exact) mass is 976 g/mol. The average Bonchev–Trinajstić information content (AvgIpc) is 3.71. The van der Waals surface area contributed by atoms with E-state index in [0.29, 0.717) is 11.5 Å². The molecule has 0 aromatic heterocycles. The molecule has 2 aliphatic carbocycles. The van der Waals surface area contributed by atoms with Crippen molar-refractivity contribution in [1.29, 1.82) is 0 Å². The Morgan fingerprint density at radius 3 is 1.57 bits per heavy atom. The summed E-state index contributed by atoms with van der Waals surface area (Å²) in [5.41, 5.74) is 16.1. The summed E-state index contributed by atoms with van der Waals surface area (Å²) in [6.45, 7) is 21.1. The van der Waals surface area contributed by atoms with Crippen molar-refractivity contribution in [3.8, 4) is 33.8 Å². The van der Waals surface area contributed by atoms with Crippen molar-refractivity contribution in [2.45, 2.75) is 44.9 Å². The van der Waals surface area contributed by atoms with E-state index in [4.69, 9.17) is 16.1 Å². The fourth-order valence-electron chi connectivity index (χ4n) is 11.0. The Labute approximate surface area is 439 Å². The molecule has 0 unspecified atom stereocenters. The smallest absolute Gasteiger partial charge is 0.335 e. The lowest BCUT2D eigenvalue weighted by molar-refractivity contribution is -0.129. The van der Waals surface area contributed by atoms with Gasteiger partial charge in [-0.15, -0.1) is 0 Å². The highest BCUT2D eigenvalue weighted by Gasteiger charge is 2.36. The molecule has 2 aliphatic rings. The summed E-state index contributed by atoms with van der Waals surface area (Å²) in [5, 5.41) is 3.24. The van der Waals surface area contributed by atoms with Gasteiger partial charge in [0.1, 0.15) is 11.5 Å². The first kappa shape index (κ1) is 48.0. The number of esters is 2. The van der Waals surface area contributed by atoms with Crippen LogP contribution < -0.4 is 19.3 Å². The zero-order chi connectivity index (χ0) is 52.0. The van der Waals surface area contributed by atoms with Gasteiger partial charge in [0.25, 0.3) is 0 Å². The van der Waals surface area contributed by atoms with Crippen LogP contribution >= 0.6 is 0 Å². The van der Waals surface area contributed by atoms with Crippen LogP contribution in [0.2, 0.25) is 0 Å². The lowest BCUT2D eigenvalue weighted by Crippen LogP contribution is -2.22. The van der Waals surface area contributed by atoms with Gasteiger partial charge in [0.15, 0.2) is 0 Å². The summed E-state index contributed by atoms with van der Waals surface area (Å²) in [5.74, 6) is -0.229. The second-order valence-electron chi connectivity index (χ2n) is 20.2. The van der Waals surface area contributed by atoms with Crippen LogP contribution in [-0.2, 0) is 26.8 Å². The minimum absolute atomic E-state index is 0.178. The number of rotatable bonds is 11. The molecule has 9 aromatic carbocycles. The van der Waals surface area contributed by atoms with Crippen molar-refractivity contribution in [3.63, 3.8) is 0 Å². The summed E-state index contributed by atoms with van der Waals surface area (Å²) < 4.78 is 11.5. The van der Waals surface area contributed by atoms with Gasteiger partial charge in [0.05, 0.1) is 11.4 Å². The topological polar surface area (TPSA) is 59.1 Å². The normalized spacial score (nSPS) is 15.1. The Morgan fingerprint density at radius 2 is 0.987 bits per heavy atom. The van der Waals surface area contributed by atoms with Gasteiger partial charge in [-0.2, -0.15) is 0 Å². The van der Waals surface area contributed by atoms with Crippen molar-refractivity contribution in [2.75, 3.05) is 9.80 Å². The van der Waals surface area contributed by atoms with Crippen LogP contribution in [0.5, 0.6) is 11.5 Å². The molecule has 0 heterocycles. The number of ether oxygens (including phenoxy) is 2. The van der Waals surface area contributed by atoms with Crippen LogP contribution in [0, 0.1) is 0 Å². The Balaban J connectivity index is 1.01. The fraction of sp³-hybridized carbons (Fsp3) is 0.101. The molecule has 9 aromatic rings. The quantitative estimate of drug-likeness (QED) is 0.0731. The van der Waals surface area contributed by atoms with Gasteiger partial charge in [0.2, 0.25) is 0 Å². The molecule has 0 saturated heterocycles. The molecule has 0 bridgehead atoms. The van der Waals surface area contributed by atoms with E-state index in [-0.39, 0.29) is 10.8 Å². The number of carbonyl (C=O) groups excluding carboxylic acids is 2. The molecule has 366 valence electrons. The molecule has 11 rings (SSSR count). The molecule has 75 heavy (non-hydrogen) atoms. The van der Waals surface area contributed by atoms with E-state index in [1.807, 2.05) is 48.5 Å². The van der Waals surface area contributed by atoms with Crippen molar-refractivity contribution in [1.82, 2.24) is 0 Å². The molecular weight excluding hydrogens is 921 g/mol. The zero-order valence-corrected chi connectivity index (χ0v) is 42.6. The maximum absolute atomic E-state index is 12.5. The van der Waals surface area contributed by atoms with Crippen molar-refractivity contribution >= 4 is 61.9 Å². The van der Waals surface area contributed by atoms with Crippen LogP contribution in [0.15, 0.2) is 249 Å². The number of anilines is 5. The maximum atomic E-state index is 12.5. The first-order valence-electron chi connectivity index (χ1n) is 25.3. The predicted octanol–water partition coefficient (Wildman–Crippen LogP) is 17.3. The summed E-state index contributed by atoms with van der Waals surface area (Å²) in [4.78, 5) is 29.6. The summed E-state index contributed by atoms with van der Waals surface area (Å²) in [7, 11) is 0. The van der Waals surface area contributed by atoms with Crippen molar-refractivity contribution < 1.29 is 19.1 Å². The van der Waals surface area contributed by atoms with E-state index in [1.54, 1.807) is 12.1 Å². The molecule has 0 amide bonds. The van der Waals surface area contributed by atoms with Gasteiger partial charge in [-0.05, 0) is 129 Å². The molecular formula is C69H56N2O4. The minimum Gasteiger partial charge on any atom is -0.423 e. The fourth-order valence-corrected chi connectivity index (χ4v) is 11.0. The summed E-state index contributed by atoms with van der Waals surface area (Å²) in [6.07, 6.45) is 9.92.